The van der Waals surface area contributed by atoms with E-state index in [0.29, 0.717) is 61.9 Å². The fourth-order valence-electron chi connectivity index (χ4n) is 4.59. The molecule has 5 N–H and O–H groups in total. The molecule has 0 radical (unpaired) electrons. The number of ether oxygens (including phenoxy) is 2. The summed E-state index contributed by atoms with van der Waals surface area (Å²) < 4.78 is 13.0. The normalized spacial score (nSPS) is 11.7. The Bertz CT molecular complexity index is 1770. The van der Waals surface area contributed by atoms with Gasteiger partial charge in [0.1, 0.15) is 0 Å². The van der Waals surface area contributed by atoms with Crippen LogP contribution in [0.3, 0.4) is 0 Å². The lowest BCUT2D eigenvalue weighted by molar-refractivity contribution is 0.0538. The number of hydrogen-bond donors (Lipinski definition) is 4. The molecule has 3 aromatic rings. The fraction of sp³-hybridized carbons (Fsp3) is 0.188. The van der Waals surface area contributed by atoms with Gasteiger partial charge in [0.25, 0.3) is 0 Å². The molecule has 0 amide bonds. The van der Waals surface area contributed by atoms with Gasteiger partial charge in [0.15, 0.2) is 0 Å². The minimum absolute atomic E-state index is 0.185. The van der Waals surface area contributed by atoms with Crippen LogP contribution < -0.4 is 16.4 Å². The molecule has 1 aliphatic heterocycles. The van der Waals surface area contributed by atoms with Crippen molar-refractivity contribution in [3.8, 4) is 17.1 Å². The molecule has 11 heteroatoms. The van der Waals surface area contributed by atoms with Gasteiger partial charge in [0, 0.05) is 17.9 Å². The Morgan fingerprint density at radius 2 is 1.49 bits per heavy atom. The van der Waals surface area contributed by atoms with Crippen molar-refractivity contribution in [2.45, 2.75) is 0 Å². The molecule has 0 fully saturated rings. The van der Waals surface area contributed by atoms with Crippen molar-refractivity contribution in [2.24, 2.45) is 10.7 Å². The third-order valence-corrected chi connectivity index (χ3v) is 6.63. The second-order valence-electron chi connectivity index (χ2n) is 9.55. The molecule has 2 aliphatic rings. The molecule has 0 spiro atoms. The van der Waals surface area contributed by atoms with Gasteiger partial charge in [-0.3, -0.25) is 4.99 Å². The van der Waals surface area contributed by atoms with Crippen molar-refractivity contribution < 1.29 is 29.3 Å². The summed E-state index contributed by atoms with van der Waals surface area (Å²) in [5.41, 5.74) is 11.0. The number of nitrogens with two attached hydrogens (primary N) is 1. The number of aromatic carboxylic acids is 2. The highest BCUT2D eigenvalue weighted by Gasteiger charge is 2.17. The van der Waals surface area contributed by atoms with Crippen molar-refractivity contribution in [1.82, 2.24) is 9.55 Å². The molecular formula is C32H31N5O6. The van der Waals surface area contributed by atoms with Crippen LogP contribution >= 0.6 is 0 Å². The zero-order chi connectivity index (χ0) is 30.2. The van der Waals surface area contributed by atoms with Gasteiger partial charge < -0.3 is 35.3 Å². The molecule has 0 bridgehead atoms. The number of hydrogen-bond acceptors (Lipinski definition) is 8. The number of carboxylic acids is 2. The number of carbonyl (C=O) groups is 2. The standard InChI is InChI=1S/C32H31N5O6/c33-13-15-42-17-18-43-16-14-34-26-20-30-28(19-27(26)35-23-9-5-21(6-10-23)31(38)39)36-25-3-1-2-4-29(25)37(30)24-11-7-22(8-12-24)32(40)41/h1-12,19-20,35H,13-18,33H2,(H,38,39)(H,40,41)/b34-26-. The van der Waals surface area contributed by atoms with Crippen LogP contribution in [0, 0.1) is 0 Å². The average molecular weight is 582 g/mol. The van der Waals surface area contributed by atoms with Crippen molar-refractivity contribution >= 4 is 34.3 Å². The van der Waals surface area contributed by atoms with Gasteiger partial charge >= 0.3 is 11.9 Å². The molecule has 43 heavy (non-hydrogen) atoms. The SMILES string of the molecule is NCCOCCOCC/N=c1/cc2n(-c3ccc(C(=O)O)cc3)c3ccccc3nc-2cc1Nc1ccc(C(=O)O)cc1. The molecule has 1 aliphatic carbocycles. The highest BCUT2D eigenvalue weighted by Crippen LogP contribution is 2.30. The summed E-state index contributed by atoms with van der Waals surface area (Å²) in [5, 5.41) is 22.7. The first kappa shape index (κ1) is 29.4. The molecule has 0 aromatic heterocycles. The summed E-state index contributed by atoms with van der Waals surface area (Å²) in [6.45, 7) is 2.57. The van der Waals surface area contributed by atoms with E-state index in [1.807, 2.05) is 41.0 Å². The lowest BCUT2D eigenvalue weighted by atomic mass is 10.1. The Morgan fingerprint density at radius 3 is 2.16 bits per heavy atom. The fourth-order valence-corrected chi connectivity index (χ4v) is 4.59. The van der Waals surface area contributed by atoms with E-state index in [4.69, 9.17) is 25.2 Å². The quantitative estimate of drug-likeness (QED) is 0.118. The smallest absolute Gasteiger partial charge is 0.335 e. The largest absolute Gasteiger partial charge is 0.478 e. The first-order valence-electron chi connectivity index (χ1n) is 13.7. The number of rotatable bonds is 13. The number of anilines is 2. The van der Waals surface area contributed by atoms with E-state index in [0.717, 1.165) is 22.4 Å². The summed E-state index contributed by atoms with van der Waals surface area (Å²) in [4.78, 5) is 32.5. The highest BCUT2D eigenvalue weighted by molar-refractivity contribution is 5.89. The van der Waals surface area contributed by atoms with E-state index in [-0.39, 0.29) is 11.1 Å². The molecule has 0 unspecified atom stereocenters. The molecule has 0 saturated heterocycles. The molecule has 3 aromatic carbocycles. The number of benzene rings is 4. The van der Waals surface area contributed by atoms with Crippen LogP contribution in [0.2, 0.25) is 0 Å². The van der Waals surface area contributed by atoms with E-state index < -0.39 is 11.9 Å². The summed E-state index contributed by atoms with van der Waals surface area (Å²) >= 11 is 0. The van der Waals surface area contributed by atoms with E-state index in [1.54, 1.807) is 36.4 Å². The van der Waals surface area contributed by atoms with Crippen LogP contribution in [0.4, 0.5) is 11.4 Å². The van der Waals surface area contributed by atoms with Crippen molar-refractivity contribution in [1.29, 1.82) is 0 Å². The zero-order valence-electron chi connectivity index (χ0n) is 23.3. The molecule has 0 saturated carbocycles. The number of carboxylic acid groups (broad SMARTS) is 2. The predicted molar refractivity (Wildman–Crippen MR) is 162 cm³/mol. The van der Waals surface area contributed by atoms with Crippen molar-refractivity contribution in [2.75, 3.05) is 44.8 Å². The maximum absolute atomic E-state index is 11.5. The van der Waals surface area contributed by atoms with Gasteiger partial charge in [0.05, 0.1) is 77.6 Å². The highest BCUT2D eigenvalue weighted by atomic mass is 16.5. The molecule has 1 heterocycles. The van der Waals surface area contributed by atoms with E-state index >= 15 is 0 Å². The van der Waals surface area contributed by atoms with Gasteiger partial charge in [-0.05, 0) is 72.8 Å². The lowest BCUT2D eigenvalue weighted by Crippen LogP contribution is -2.17. The number of para-hydroxylation sites is 2. The third-order valence-electron chi connectivity index (χ3n) is 6.63. The van der Waals surface area contributed by atoms with E-state index in [9.17, 15) is 19.8 Å². The zero-order valence-corrected chi connectivity index (χ0v) is 23.3. The van der Waals surface area contributed by atoms with E-state index in [1.165, 1.54) is 12.1 Å². The van der Waals surface area contributed by atoms with Crippen LogP contribution in [-0.2, 0) is 9.47 Å². The first-order chi connectivity index (χ1) is 20.9. The maximum atomic E-state index is 11.5. The average Bonchev–Trinajstić information content (AvgIpc) is 3.01. The molecule has 11 nitrogen and oxygen atoms in total. The number of aromatic nitrogens is 2. The summed E-state index contributed by atoms with van der Waals surface area (Å²) in [6, 6.07) is 24.7. The Balaban J connectivity index is 1.59. The second-order valence-corrected chi connectivity index (χ2v) is 9.55. The molecule has 5 rings (SSSR count). The predicted octanol–water partition coefficient (Wildman–Crippen LogP) is 4.16. The summed E-state index contributed by atoms with van der Waals surface area (Å²) in [7, 11) is 0. The van der Waals surface area contributed by atoms with Gasteiger partial charge in [0.2, 0.25) is 0 Å². The van der Waals surface area contributed by atoms with Crippen LogP contribution in [0.15, 0.2) is 89.9 Å². The monoisotopic (exact) mass is 581 g/mol. The molecular weight excluding hydrogens is 550 g/mol. The van der Waals surface area contributed by atoms with Crippen LogP contribution in [0.25, 0.3) is 28.1 Å². The molecule has 220 valence electrons. The Morgan fingerprint density at radius 1 is 0.837 bits per heavy atom. The van der Waals surface area contributed by atoms with Gasteiger partial charge in [-0.1, -0.05) is 12.1 Å². The Hall–Kier alpha value is -5.10. The number of fused-ring (bicyclic) bond motifs is 2. The van der Waals surface area contributed by atoms with Gasteiger partial charge in [-0.15, -0.1) is 0 Å². The Labute approximate surface area is 247 Å². The topological polar surface area (TPSA) is 161 Å². The maximum Gasteiger partial charge on any atom is 0.335 e. The molecule has 0 atom stereocenters. The number of nitrogens with one attached hydrogen (secondary N) is 1. The van der Waals surface area contributed by atoms with Crippen molar-refractivity contribution in [3.05, 3.63) is 101 Å². The van der Waals surface area contributed by atoms with Crippen molar-refractivity contribution in [3.63, 3.8) is 0 Å². The van der Waals surface area contributed by atoms with Crippen LogP contribution in [0.5, 0.6) is 0 Å². The van der Waals surface area contributed by atoms with Gasteiger partial charge in [-0.2, -0.15) is 0 Å². The first-order valence-corrected chi connectivity index (χ1v) is 13.7. The third kappa shape index (κ3) is 7.04. The second kappa shape index (κ2) is 13.7. The minimum atomic E-state index is -1.00. The van der Waals surface area contributed by atoms with E-state index in [2.05, 4.69) is 5.32 Å². The Kier molecular flexibility index (Phi) is 9.37. The number of nitrogens with zero attached hydrogens (tertiary/aromatic N) is 3. The lowest BCUT2D eigenvalue weighted by Gasteiger charge is -2.20. The van der Waals surface area contributed by atoms with Crippen LogP contribution in [0.1, 0.15) is 20.7 Å². The van der Waals surface area contributed by atoms with Crippen LogP contribution in [-0.4, -0.2) is 71.2 Å². The minimum Gasteiger partial charge on any atom is -0.478 e. The van der Waals surface area contributed by atoms with Gasteiger partial charge in [-0.25, -0.2) is 14.6 Å². The summed E-state index contributed by atoms with van der Waals surface area (Å²) in [6.07, 6.45) is 0. The summed E-state index contributed by atoms with van der Waals surface area (Å²) in [5.74, 6) is -2.00.